The molecule has 0 amide bonds. The van der Waals surface area contributed by atoms with E-state index in [0.29, 0.717) is 13.0 Å². The van der Waals surface area contributed by atoms with E-state index in [0.717, 1.165) is 0 Å². The summed E-state index contributed by atoms with van der Waals surface area (Å²) in [6.45, 7) is 0.443. The monoisotopic (exact) mass is 216 g/mol. The van der Waals surface area contributed by atoms with Crippen LogP contribution in [0, 0.1) is 0 Å². The average molecular weight is 217 g/mol. The Morgan fingerprint density at radius 3 is 1.92 bits per heavy atom. The van der Waals surface area contributed by atoms with Crippen molar-refractivity contribution >= 4 is 21.2 Å². The minimum absolute atomic E-state index is 0. The smallest absolute Gasteiger partial charge is 0.377 e. The van der Waals surface area contributed by atoms with Crippen molar-refractivity contribution in [1.82, 2.24) is 0 Å². The van der Waals surface area contributed by atoms with Crippen LogP contribution in [-0.4, -0.2) is 36.7 Å². The summed E-state index contributed by atoms with van der Waals surface area (Å²) in [5.74, 6) is 0. The van der Waals surface area contributed by atoms with Gasteiger partial charge in [0.05, 0.1) is 0 Å². The lowest BCUT2D eigenvalue weighted by Crippen LogP contribution is -2.42. The van der Waals surface area contributed by atoms with Gasteiger partial charge in [-0.3, -0.25) is 0 Å². The molecule has 0 aromatic carbocycles. The van der Waals surface area contributed by atoms with Gasteiger partial charge in [-0.15, -0.1) is 12.4 Å². The highest BCUT2D eigenvalue weighted by molar-refractivity contribution is 6.60. The number of halogens is 1. The van der Waals surface area contributed by atoms with Crippen LogP contribution < -0.4 is 5.73 Å². The zero-order valence-electron chi connectivity index (χ0n) is 8.70. The van der Waals surface area contributed by atoms with Crippen LogP contribution in [0.5, 0.6) is 0 Å². The summed E-state index contributed by atoms with van der Waals surface area (Å²) in [6.07, 6.45) is 0.530. The van der Waals surface area contributed by atoms with Gasteiger partial charge in [-0.1, -0.05) is 0 Å². The maximum Gasteiger partial charge on any atom is 0.500 e. The maximum absolute atomic E-state index is 7.68. The molecule has 6 heteroatoms. The van der Waals surface area contributed by atoms with Crippen LogP contribution in [0.3, 0.4) is 0 Å². The number of nitrogens with two attached hydrogens (primary N) is 1. The number of hydrogen-bond donors (Lipinski definition) is 1. The molecule has 0 fully saturated rings. The van der Waals surface area contributed by atoms with E-state index in [1.807, 2.05) is 0 Å². The second-order valence-electron chi connectivity index (χ2n) is 2.00. The molecule has 0 radical (unpaired) electrons. The Balaban J connectivity index is 0. The van der Waals surface area contributed by atoms with E-state index in [1.54, 1.807) is 0 Å². The van der Waals surface area contributed by atoms with Crippen LogP contribution in [-0.2, 0) is 13.3 Å². The van der Waals surface area contributed by atoms with Crippen molar-refractivity contribution in [3.8, 4) is 0 Å². The molecule has 0 aromatic heterocycles. The lowest BCUT2D eigenvalue weighted by atomic mass is 10.5. The Hall–Kier alpha value is 0.347. The van der Waals surface area contributed by atoms with Crippen LogP contribution in [0.25, 0.3) is 0 Å². The van der Waals surface area contributed by atoms with Crippen molar-refractivity contribution in [1.29, 1.82) is 0 Å². The molecule has 0 spiro atoms. The standard InChI is InChI=1S/C6H17NO3Si.ClH/c1-8-11(9-2,10-3)6-4-5-7;/h4-7H2,1-3H3;1H/i6D;. The molecule has 0 bridgehead atoms. The lowest BCUT2D eigenvalue weighted by Gasteiger charge is -2.23. The van der Waals surface area contributed by atoms with E-state index in [9.17, 15) is 0 Å². The van der Waals surface area contributed by atoms with Gasteiger partial charge in [0, 0.05) is 28.7 Å². The quantitative estimate of drug-likeness (QED) is 0.662. The van der Waals surface area contributed by atoms with Crippen LogP contribution in [0.1, 0.15) is 7.79 Å². The molecule has 2 N–H and O–H groups in total. The normalized spacial score (nSPS) is 14.8. The summed E-state index contributed by atoms with van der Waals surface area (Å²) >= 11 is 0. The SMILES string of the molecule is Cl.[2H]C(CCN)[Si](OC)(OC)OC. The molecule has 0 saturated carbocycles. The molecule has 12 heavy (non-hydrogen) atoms. The van der Waals surface area contributed by atoms with Crippen molar-refractivity contribution in [3.05, 3.63) is 0 Å². The fourth-order valence-corrected chi connectivity index (χ4v) is 2.28. The van der Waals surface area contributed by atoms with E-state index in [1.165, 1.54) is 21.3 Å². The van der Waals surface area contributed by atoms with Crippen LogP contribution in [0.4, 0.5) is 0 Å². The molecule has 4 nitrogen and oxygen atoms in total. The van der Waals surface area contributed by atoms with Gasteiger partial charge < -0.3 is 19.0 Å². The molecule has 1 unspecified atom stereocenters. The molecule has 0 saturated heterocycles. The topological polar surface area (TPSA) is 53.7 Å². The van der Waals surface area contributed by atoms with Crippen LogP contribution >= 0.6 is 12.4 Å². The predicted molar refractivity (Wildman–Crippen MR) is 52.5 cm³/mol. The third-order valence-electron chi connectivity index (χ3n) is 1.41. The summed E-state index contributed by atoms with van der Waals surface area (Å²) in [6, 6.07) is -0.498. The fraction of sp³-hybridized carbons (Fsp3) is 1.00. The highest BCUT2D eigenvalue weighted by atomic mass is 35.5. The van der Waals surface area contributed by atoms with E-state index in [4.69, 9.17) is 20.4 Å². The van der Waals surface area contributed by atoms with Gasteiger partial charge in [-0.25, -0.2) is 0 Å². The minimum Gasteiger partial charge on any atom is -0.377 e. The predicted octanol–water partition coefficient (Wildman–Crippen LogP) is 0.635. The van der Waals surface area contributed by atoms with Gasteiger partial charge in [0.1, 0.15) is 0 Å². The largest absolute Gasteiger partial charge is 0.500 e. The second-order valence-corrected chi connectivity index (χ2v) is 4.84. The second kappa shape index (κ2) is 7.97. The summed E-state index contributed by atoms with van der Waals surface area (Å²) in [7, 11) is 1.74. The molecular formula is C6H18ClNO3Si. The fourth-order valence-electron chi connectivity index (χ4n) is 0.760. The summed E-state index contributed by atoms with van der Waals surface area (Å²) in [4.78, 5) is 0. The van der Waals surface area contributed by atoms with Crippen molar-refractivity contribution < 1.29 is 14.6 Å². The first kappa shape index (κ1) is 12.3. The van der Waals surface area contributed by atoms with E-state index in [2.05, 4.69) is 0 Å². The van der Waals surface area contributed by atoms with E-state index >= 15 is 0 Å². The molecule has 1 atom stereocenters. The third-order valence-corrected chi connectivity index (χ3v) is 3.91. The van der Waals surface area contributed by atoms with Crippen molar-refractivity contribution in [2.24, 2.45) is 5.73 Å². The number of hydrogen-bond acceptors (Lipinski definition) is 4. The highest BCUT2D eigenvalue weighted by Crippen LogP contribution is 2.13. The summed E-state index contributed by atoms with van der Waals surface area (Å²) < 4.78 is 23.0. The van der Waals surface area contributed by atoms with Crippen molar-refractivity contribution in [2.45, 2.75) is 12.4 Å². The molecule has 0 aliphatic heterocycles. The van der Waals surface area contributed by atoms with Crippen LogP contribution in [0.15, 0.2) is 0 Å². The molecule has 0 rings (SSSR count). The van der Waals surface area contributed by atoms with Gasteiger partial charge >= 0.3 is 8.80 Å². The maximum atomic E-state index is 7.68. The van der Waals surface area contributed by atoms with Gasteiger partial charge in [-0.05, 0) is 13.0 Å². The third kappa shape index (κ3) is 4.39. The Kier molecular flexibility index (Phi) is 8.20. The molecule has 0 heterocycles. The Bertz CT molecular complexity index is 120. The average Bonchev–Trinajstić information content (AvgIpc) is 2.09. The lowest BCUT2D eigenvalue weighted by molar-refractivity contribution is 0.123. The molecular weight excluding hydrogens is 198 g/mol. The molecule has 0 aromatic rings. The Morgan fingerprint density at radius 1 is 1.25 bits per heavy atom. The minimum atomic E-state index is -2.76. The summed E-state index contributed by atoms with van der Waals surface area (Å²) in [5.41, 5.74) is 5.33. The van der Waals surface area contributed by atoms with E-state index in [-0.39, 0.29) is 12.4 Å². The van der Waals surface area contributed by atoms with Crippen molar-refractivity contribution in [3.63, 3.8) is 0 Å². The number of rotatable bonds is 6. The van der Waals surface area contributed by atoms with Gasteiger partial charge in [0.2, 0.25) is 0 Å². The molecule has 76 valence electrons. The Morgan fingerprint density at radius 2 is 1.67 bits per heavy atom. The first-order valence-corrected chi connectivity index (χ1v) is 5.24. The Labute approximate surface area is 82.6 Å². The zero-order chi connectivity index (χ0) is 9.61. The van der Waals surface area contributed by atoms with Gasteiger partial charge in [0.15, 0.2) is 0 Å². The van der Waals surface area contributed by atoms with Crippen LogP contribution in [0.2, 0.25) is 6.02 Å². The molecule has 0 aliphatic rings. The van der Waals surface area contributed by atoms with Crippen molar-refractivity contribution in [2.75, 3.05) is 27.9 Å². The van der Waals surface area contributed by atoms with E-state index < -0.39 is 14.8 Å². The highest BCUT2D eigenvalue weighted by Gasteiger charge is 2.36. The zero-order valence-corrected chi connectivity index (χ0v) is 9.52. The first-order chi connectivity index (χ1) is 5.66. The summed E-state index contributed by atoms with van der Waals surface area (Å²) in [5, 5.41) is 0. The van der Waals surface area contributed by atoms with Gasteiger partial charge in [-0.2, -0.15) is 0 Å². The molecule has 0 aliphatic carbocycles. The van der Waals surface area contributed by atoms with Gasteiger partial charge in [0.25, 0.3) is 0 Å². The first-order valence-electron chi connectivity index (χ1n) is 4.02.